The van der Waals surface area contributed by atoms with Gasteiger partial charge in [0.2, 0.25) is 11.8 Å². The van der Waals surface area contributed by atoms with E-state index in [1.807, 2.05) is 31.2 Å². The second kappa shape index (κ2) is 11.1. The van der Waals surface area contributed by atoms with Crippen molar-refractivity contribution in [3.05, 3.63) is 95.8 Å². The van der Waals surface area contributed by atoms with Gasteiger partial charge in [0.25, 0.3) is 5.91 Å². The third-order valence-corrected chi connectivity index (χ3v) is 6.10. The van der Waals surface area contributed by atoms with Crippen LogP contribution in [-0.2, 0) is 4.79 Å². The van der Waals surface area contributed by atoms with Crippen LogP contribution in [0.3, 0.4) is 0 Å². The summed E-state index contributed by atoms with van der Waals surface area (Å²) in [5.41, 5.74) is 3.54. The number of nitrogens with one attached hydrogen (secondary N) is 3. The number of carbonyl (C=O) groups excluding carboxylic acids is 2. The highest BCUT2D eigenvalue weighted by Gasteiger charge is 2.29. The van der Waals surface area contributed by atoms with Crippen LogP contribution in [0, 0.1) is 11.7 Å². The number of aliphatic imine (C=N–C) groups is 1. The summed E-state index contributed by atoms with van der Waals surface area (Å²) < 4.78 is 19.3. The van der Waals surface area contributed by atoms with Crippen LogP contribution in [0.2, 0.25) is 0 Å². The van der Waals surface area contributed by atoms with Gasteiger partial charge >= 0.3 is 0 Å². The lowest BCUT2D eigenvalue weighted by Crippen LogP contribution is -2.23. The van der Waals surface area contributed by atoms with Crippen molar-refractivity contribution >= 4 is 40.7 Å². The molecular formula is C29H25FN6O3. The van der Waals surface area contributed by atoms with Crippen molar-refractivity contribution in [2.45, 2.75) is 19.8 Å². The Morgan fingerprint density at radius 1 is 1.18 bits per heavy atom. The highest BCUT2D eigenvalue weighted by molar-refractivity contribution is 6.11. The van der Waals surface area contributed by atoms with Crippen molar-refractivity contribution in [2.75, 3.05) is 5.32 Å². The summed E-state index contributed by atoms with van der Waals surface area (Å²) in [6, 6.07) is 14.7. The zero-order valence-corrected chi connectivity index (χ0v) is 21.1. The molecule has 9 nitrogen and oxygen atoms in total. The fourth-order valence-corrected chi connectivity index (χ4v) is 3.89. The van der Waals surface area contributed by atoms with Crippen molar-refractivity contribution in [3.63, 3.8) is 0 Å². The highest BCUT2D eigenvalue weighted by Crippen LogP contribution is 2.30. The number of nitrogens with zero attached hydrogens (tertiary/aromatic N) is 3. The molecule has 0 atom stereocenters. The molecule has 1 aliphatic carbocycles. The topological polar surface area (TPSA) is 121 Å². The van der Waals surface area contributed by atoms with Crippen molar-refractivity contribution in [1.29, 1.82) is 0 Å². The largest absolute Gasteiger partial charge is 0.436 e. The lowest BCUT2D eigenvalue weighted by Gasteiger charge is -2.08. The van der Waals surface area contributed by atoms with E-state index in [0.29, 0.717) is 22.3 Å². The van der Waals surface area contributed by atoms with E-state index in [-0.39, 0.29) is 29.1 Å². The van der Waals surface area contributed by atoms with E-state index in [0.717, 1.165) is 24.0 Å². The van der Waals surface area contributed by atoms with Gasteiger partial charge in [-0.25, -0.2) is 9.37 Å². The first-order valence-corrected chi connectivity index (χ1v) is 12.2. The monoisotopic (exact) mass is 524 g/mol. The van der Waals surface area contributed by atoms with Crippen molar-refractivity contribution in [3.8, 4) is 11.6 Å². The fraction of sp³-hybridized carbons (Fsp3) is 0.138. The Hall–Kier alpha value is -5.12. The van der Waals surface area contributed by atoms with E-state index in [9.17, 15) is 14.0 Å². The zero-order chi connectivity index (χ0) is 27.4. The lowest BCUT2D eigenvalue weighted by molar-refractivity contribution is -0.121. The Bertz CT molecular complexity index is 1620. The Morgan fingerprint density at radius 2 is 2.00 bits per heavy atom. The third kappa shape index (κ3) is 6.07. The molecule has 0 bridgehead atoms. The van der Waals surface area contributed by atoms with E-state index in [2.05, 4.69) is 37.5 Å². The molecular weight excluding hydrogens is 499 g/mol. The Labute approximate surface area is 223 Å². The Morgan fingerprint density at radius 3 is 2.72 bits per heavy atom. The normalized spacial score (nSPS) is 13.7. The quantitative estimate of drug-likeness (QED) is 0.194. The minimum Gasteiger partial charge on any atom is -0.436 e. The summed E-state index contributed by atoms with van der Waals surface area (Å²) >= 11 is 0. The number of anilines is 1. The van der Waals surface area contributed by atoms with Gasteiger partial charge in [0.15, 0.2) is 17.3 Å². The van der Waals surface area contributed by atoms with Gasteiger partial charge < -0.3 is 15.4 Å². The molecule has 0 unspecified atom stereocenters. The first-order valence-electron chi connectivity index (χ1n) is 12.2. The molecule has 1 aliphatic rings. The Balaban J connectivity index is 1.31. The van der Waals surface area contributed by atoms with Crippen LogP contribution in [0.4, 0.5) is 10.1 Å². The number of H-pyrrole nitrogens is 1. The third-order valence-electron chi connectivity index (χ3n) is 6.10. The highest BCUT2D eigenvalue weighted by atomic mass is 19.1. The lowest BCUT2D eigenvalue weighted by atomic mass is 10.0. The molecule has 196 valence electrons. The van der Waals surface area contributed by atoms with E-state index >= 15 is 0 Å². The van der Waals surface area contributed by atoms with Crippen molar-refractivity contribution in [2.24, 2.45) is 10.9 Å². The number of benzene rings is 2. The molecule has 1 saturated carbocycles. The standard InChI is InChI=1S/C29H25FN6O3/c1-17(13-21(15-31-2)34-28(37)18-7-8-18)19-9-11-24-22(14-19)27(36-35-24)29(38)33-20-10-12-26(32-16-20)39-25-6-4-3-5-23(25)30/h3-6,9-16,18H,2,7-8H2,1H3,(H,33,38)(H,34,37)(H,35,36)/b17-13+,21-15+. The molecule has 2 amide bonds. The number of pyridine rings is 1. The molecule has 39 heavy (non-hydrogen) atoms. The van der Waals surface area contributed by atoms with E-state index in [1.54, 1.807) is 18.2 Å². The molecule has 0 saturated heterocycles. The Kier molecular flexibility index (Phi) is 7.26. The molecule has 2 aromatic carbocycles. The molecule has 0 spiro atoms. The number of aromatic amines is 1. The molecule has 2 heterocycles. The maximum Gasteiger partial charge on any atom is 0.276 e. The smallest absolute Gasteiger partial charge is 0.276 e. The molecule has 1 fully saturated rings. The van der Waals surface area contributed by atoms with Crippen LogP contribution in [0.5, 0.6) is 11.6 Å². The van der Waals surface area contributed by atoms with E-state index in [1.165, 1.54) is 30.6 Å². The van der Waals surface area contributed by atoms with E-state index in [4.69, 9.17) is 4.74 Å². The van der Waals surface area contributed by atoms with Gasteiger partial charge in [-0.3, -0.25) is 19.7 Å². The summed E-state index contributed by atoms with van der Waals surface area (Å²) in [5, 5.41) is 13.4. The average Bonchev–Trinajstić information content (AvgIpc) is 3.70. The zero-order valence-electron chi connectivity index (χ0n) is 21.1. The number of hydrogen-bond donors (Lipinski definition) is 3. The van der Waals surface area contributed by atoms with E-state index < -0.39 is 11.7 Å². The second-order valence-electron chi connectivity index (χ2n) is 9.06. The fourth-order valence-electron chi connectivity index (χ4n) is 3.89. The van der Waals surface area contributed by atoms with Gasteiger partial charge in [0.05, 0.1) is 23.1 Å². The summed E-state index contributed by atoms with van der Waals surface area (Å²) in [6.07, 6.45) is 6.52. The number of hydrogen-bond acceptors (Lipinski definition) is 6. The van der Waals surface area contributed by atoms with Gasteiger partial charge in [-0.15, -0.1) is 0 Å². The number of ether oxygens (including phenoxy) is 1. The minimum absolute atomic E-state index is 0.0282. The second-order valence-corrected chi connectivity index (χ2v) is 9.06. The predicted octanol–water partition coefficient (Wildman–Crippen LogP) is 5.61. The number of para-hydroxylation sites is 1. The summed E-state index contributed by atoms with van der Waals surface area (Å²) in [5.74, 6) is -0.667. The molecule has 5 rings (SSSR count). The van der Waals surface area contributed by atoms with Crippen LogP contribution in [0.25, 0.3) is 16.5 Å². The van der Waals surface area contributed by atoms with Crippen LogP contribution in [-0.4, -0.2) is 33.7 Å². The van der Waals surface area contributed by atoms with Gasteiger partial charge in [-0.2, -0.15) is 5.10 Å². The number of rotatable bonds is 9. The number of halogens is 1. The molecule has 0 aliphatic heterocycles. The maximum absolute atomic E-state index is 13.8. The van der Waals surface area contributed by atoms with Crippen molar-refractivity contribution < 1.29 is 18.7 Å². The van der Waals surface area contributed by atoms with Gasteiger partial charge in [-0.1, -0.05) is 18.2 Å². The molecule has 3 N–H and O–H groups in total. The first-order chi connectivity index (χ1) is 18.9. The summed E-state index contributed by atoms with van der Waals surface area (Å²) in [4.78, 5) is 33.2. The number of allylic oxidation sites excluding steroid dienone is 2. The first kappa shape index (κ1) is 25.5. The molecule has 4 aromatic rings. The number of carbonyl (C=O) groups is 2. The van der Waals surface area contributed by atoms with Crippen LogP contribution in [0.15, 0.2) is 83.8 Å². The molecule has 10 heteroatoms. The maximum atomic E-state index is 13.8. The van der Waals surface area contributed by atoms with Gasteiger partial charge in [-0.05, 0) is 74.0 Å². The predicted molar refractivity (Wildman–Crippen MR) is 147 cm³/mol. The average molecular weight is 525 g/mol. The molecule has 0 radical (unpaired) electrons. The van der Waals surface area contributed by atoms with Crippen LogP contribution in [0.1, 0.15) is 35.8 Å². The number of fused-ring (bicyclic) bond motifs is 1. The number of amides is 2. The van der Waals surface area contributed by atoms with Gasteiger partial charge in [0, 0.05) is 23.6 Å². The molecule has 2 aromatic heterocycles. The van der Waals surface area contributed by atoms with Crippen LogP contribution >= 0.6 is 0 Å². The number of aromatic nitrogens is 3. The summed E-state index contributed by atoms with van der Waals surface area (Å²) in [6.45, 7) is 5.38. The van der Waals surface area contributed by atoms with Crippen LogP contribution < -0.4 is 15.4 Å². The SMILES string of the molecule is C=N/C=C(\C=C(/C)c1ccc2[nH]nc(C(=O)Nc3ccc(Oc4ccccc4F)nc3)c2c1)NC(=O)C1CC1. The van der Waals surface area contributed by atoms with Crippen molar-refractivity contribution in [1.82, 2.24) is 20.5 Å². The van der Waals surface area contributed by atoms with Gasteiger partial charge in [0.1, 0.15) is 0 Å². The minimum atomic E-state index is -0.501. The summed E-state index contributed by atoms with van der Waals surface area (Å²) in [7, 11) is 0.